The minimum atomic E-state index is -0.574. The number of aromatic nitrogens is 2. The zero-order chi connectivity index (χ0) is 16.6. The number of fused-ring (bicyclic) bond motifs is 1. The third-order valence-corrected chi connectivity index (χ3v) is 3.03. The third-order valence-electron chi connectivity index (χ3n) is 3.03. The van der Waals surface area contributed by atoms with E-state index in [0.29, 0.717) is 16.7 Å². The Kier molecular flexibility index (Phi) is 3.86. The molecular formula is C16H16N2O4. The van der Waals surface area contributed by atoms with E-state index in [-0.39, 0.29) is 11.3 Å². The van der Waals surface area contributed by atoms with Crippen LogP contribution >= 0.6 is 0 Å². The van der Waals surface area contributed by atoms with E-state index in [4.69, 9.17) is 4.74 Å². The zero-order valence-electron chi connectivity index (χ0n) is 12.7. The maximum atomic E-state index is 12.6. The quantitative estimate of drug-likeness (QED) is 0.496. The molecule has 0 unspecified atom stereocenters. The van der Waals surface area contributed by atoms with Crippen LogP contribution in [0.2, 0.25) is 0 Å². The summed E-state index contributed by atoms with van der Waals surface area (Å²) >= 11 is 0. The average Bonchev–Trinajstić information content (AvgIpc) is 2.70. The Morgan fingerprint density at radius 2 is 1.73 bits per heavy atom. The smallest absolute Gasteiger partial charge is 0.340 e. The molecule has 2 aromatic rings. The Morgan fingerprint density at radius 3 is 2.23 bits per heavy atom. The lowest BCUT2D eigenvalue weighted by Gasteiger charge is -2.06. The topological polar surface area (TPSA) is 70.3 Å². The first-order valence-corrected chi connectivity index (χ1v) is 6.56. The van der Waals surface area contributed by atoms with E-state index < -0.39 is 17.6 Å². The third kappa shape index (κ3) is 2.39. The second-order valence-electron chi connectivity index (χ2n) is 4.99. The molecule has 22 heavy (non-hydrogen) atoms. The fourth-order valence-electron chi connectivity index (χ4n) is 2.19. The van der Waals surface area contributed by atoms with Crippen LogP contribution in [-0.2, 0) is 4.79 Å². The van der Waals surface area contributed by atoms with Gasteiger partial charge in [0.15, 0.2) is 5.75 Å². The molecule has 0 radical (unpaired) electrons. The number of carbonyl (C=O) groups excluding carboxylic acids is 2. The van der Waals surface area contributed by atoms with Crippen molar-refractivity contribution in [3.63, 3.8) is 0 Å². The van der Waals surface area contributed by atoms with Crippen LogP contribution in [0.1, 0.15) is 25.6 Å². The highest BCUT2D eigenvalue weighted by Crippen LogP contribution is 2.27. The predicted octanol–water partition coefficient (Wildman–Crippen LogP) is 2.44. The maximum Gasteiger partial charge on any atom is 0.340 e. The molecule has 0 amide bonds. The molecule has 0 atom stereocenters. The van der Waals surface area contributed by atoms with Gasteiger partial charge < -0.3 is 4.74 Å². The van der Waals surface area contributed by atoms with Crippen LogP contribution in [0.4, 0.5) is 0 Å². The van der Waals surface area contributed by atoms with Gasteiger partial charge in [0.1, 0.15) is 5.52 Å². The van der Waals surface area contributed by atoms with Gasteiger partial charge in [-0.15, -0.1) is 0 Å². The van der Waals surface area contributed by atoms with Gasteiger partial charge >= 0.3 is 11.7 Å². The Hall–Kier alpha value is -2.89. The summed E-state index contributed by atoms with van der Waals surface area (Å²) in [7, 11) is 0. The lowest BCUT2D eigenvalue weighted by molar-refractivity contribution is -0.131. The van der Waals surface area contributed by atoms with Crippen molar-refractivity contribution in [1.82, 2.24) is 9.13 Å². The highest BCUT2D eigenvalue weighted by Gasteiger charge is 2.22. The van der Waals surface area contributed by atoms with Gasteiger partial charge in [-0.25, -0.2) is 9.36 Å². The molecule has 0 aliphatic heterocycles. The number of carbonyl (C=O) groups is 2. The molecular weight excluding hydrogens is 284 g/mol. The van der Waals surface area contributed by atoms with Crippen molar-refractivity contribution in [3.8, 4) is 5.75 Å². The summed E-state index contributed by atoms with van der Waals surface area (Å²) in [6.45, 7) is 11.7. The second-order valence-corrected chi connectivity index (χ2v) is 4.99. The summed E-state index contributed by atoms with van der Waals surface area (Å²) in [6.07, 6.45) is 0. The van der Waals surface area contributed by atoms with E-state index in [1.165, 1.54) is 18.4 Å². The first kappa shape index (κ1) is 15.5. The number of benzene rings is 1. The maximum absolute atomic E-state index is 12.6. The summed E-state index contributed by atoms with van der Waals surface area (Å²) in [5, 5.41) is 0. The number of esters is 1. The fourth-order valence-corrected chi connectivity index (χ4v) is 2.19. The largest absolute Gasteiger partial charge is 0.424 e. The van der Waals surface area contributed by atoms with Gasteiger partial charge in [-0.05, 0) is 26.0 Å². The van der Waals surface area contributed by atoms with E-state index in [1.807, 2.05) is 0 Å². The van der Waals surface area contributed by atoms with Gasteiger partial charge in [-0.3, -0.25) is 14.2 Å². The van der Waals surface area contributed by atoms with Crippen LogP contribution in [0, 0.1) is 0 Å². The average molecular weight is 300 g/mol. The van der Waals surface area contributed by atoms with Gasteiger partial charge in [0.2, 0.25) is 0 Å². The molecule has 0 bridgehead atoms. The van der Waals surface area contributed by atoms with E-state index in [0.717, 1.165) is 4.57 Å². The Labute approximate surface area is 126 Å². The van der Waals surface area contributed by atoms with Gasteiger partial charge in [0, 0.05) is 18.2 Å². The van der Waals surface area contributed by atoms with Crippen molar-refractivity contribution in [3.05, 3.63) is 47.4 Å². The number of hydrogen-bond acceptors (Lipinski definition) is 4. The monoisotopic (exact) mass is 300 g/mol. The number of hydrogen-bond donors (Lipinski definition) is 0. The molecule has 6 heteroatoms. The van der Waals surface area contributed by atoms with E-state index >= 15 is 0 Å². The Morgan fingerprint density at radius 1 is 1.09 bits per heavy atom. The van der Waals surface area contributed by atoms with Gasteiger partial charge in [-0.2, -0.15) is 0 Å². The van der Waals surface area contributed by atoms with Crippen molar-refractivity contribution in [1.29, 1.82) is 0 Å². The second kappa shape index (κ2) is 5.48. The Bertz CT molecular complexity index is 883. The summed E-state index contributed by atoms with van der Waals surface area (Å²) < 4.78 is 7.38. The normalized spacial score (nSPS) is 10.5. The van der Waals surface area contributed by atoms with Gasteiger partial charge in [-0.1, -0.05) is 19.2 Å². The molecule has 114 valence electrons. The lowest BCUT2D eigenvalue weighted by Crippen LogP contribution is -2.28. The summed E-state index contributed by atoms with van der Waals surface area (Å²) in [4.78, 5) is 36.1. The first-order chi connectivity index (χ1) is 10.3. The van der Waals surface area contributed by atoms with Gasteiger partial charge in [0.25, 0.3) is 5.91 Å². The number of ether oxygens (including phenoxy) is 1. The number of rotatable bonds is 3. The van der Waals surface area contributed by atoms with Crippen LogP contribution in [0.25, 0.3) is 16.7 Å². The van der Waals surface area contributed by atoms with E-state index in [9.17, 15) is 14.4 Å². The Balaban J connectivity index is 2.96. The molecule has 0 N–H and O–H groups in total. The zero-order valence-corrected chi connectivity index (χ0v) is 12.7. The minimum Gasteiger partial charge on any atom is -0.424 e. The lowest BCUT2D eigenvalue weighted by atomic mass is 10.2. The van der Waals surface area contributed by atoms with Crippen molar-refractivity contribution < 1.29 is 14.3 Å². The fraction of sp³-hybridized carbons (Fsp3) is 0.188. The van der Waals surface area contributed by atoms with Gasteiger partial charge in [0.05, 0.1) is 5.52 Å². The van der Waals surface area contributed by atoms with E-state index in [2.05, 4.69) is 13.2 Å². The molecule has 1 heterocycles. The van der Waals surface area contributed by atoms with Crippen molar-refractivity contribution >= 4 is 28.6 Å². The summed E-state index contributed by atoms with van der Waals surface area (Å²) in [6, 6.07) is 4.76. The van der Waals surface area contributed by atoms with Crippen LogP contribution in [0.3, 0.4) is 0 Å². The molecule has 1 aromatic heterocycles. The number of nitrogens with zero attached hydrogens (tertiary/aromatic N) is 2. The molecule has 1 aromatic carbocycles. The highest BCUT2D eigenvalue weighted by molar-refractivity contribution is 6.02. The standard InChI is InChI=1S/C16H16N2O4/c1-9(2)15(20)18-12-7-6-8-13(22-11(5)19)14(12)17(10(3)4)16(18)21/h6-8H,1,3H2,2,4-5H3. The SMILES string of the molecule is C=C(C)C(=O)n1c(=O)n(C(=C)C)c2c(OC(C)=O)cccc21. The van der Waals surface area contributed by atoms with Crippen LogP contribution < -0.4 is 10.4 Å². The van der Waals surface area contributed by atoms with Crippen LogP contribution in [-0.4, -0.2) is 21.0 Å². The highest BCUT2D eigenvalue weighted by atomic mass is 16.5. The molecule has 2 rings (SSSR count). The summed E-state index contributed by atoms with van der Waals surface area (Å²) in [5.74, 6) is -0.847. The van der Waals surface area contributed by atoms with Crippen molar-refractivity contribution in [2.24, 2.45) is 0 Å². The molecule has 6 nitrogen and oxygen atoms in total. The predicted molar refractivity (Wildman–Crippen MR) is 84.0 cm³/mol. The summed E-state index contributed by atoms with van der Waals surface area (Å²) in [5.41, 5.74) is 0.711. The number of imidazole rings is 1. The molecule has 0 fully saturated rings. The molecule has 0 aliphatic rings. The van der Waals surface area contributed by atoms with Crippen LogP contribution in [0.15, 0.2) is 41.7 Å². The van der Waals surface area contributed by atoms with Crippen molar-refractivity contribution in [2.75, 3.05) is 0 Å². The van der Waals surface area contributed by atoms with E-state index in [1.54, 1.807) is 25.1 Å². The molecule has 0 aliphatic carbocycles. The van der Waals surface area contributed by atoms with Crippen LogP contribution in [0.5, 0.6) is 5.75 Å². The number of allylic oxidation sites excluding steroid dienone is 2. The minimum absolute atomic E-state index is 0.193. The molecule has 0 saturated carbocycles. The first-order valence-electron chi connectivity index (χ1n) is 6.56. The van der Waals surface area contributed by atoms with Crippen molar-refractivity contribution in [2.45, 2.75) is 20.8 Å². The molecule has 0 saturated heterocycles. The number of para-hydroxylation sites is 1. The molecule has 0 spiro atoms.